The van der Waals surface area contributed by atoms with E-state index in [-0.39, 0.29) is 5.91 Å². The molecule has 0 unspecified atom stereocenters. The molecule has 136 valence electrons. The second kappa shape index (κ2) is 8.17. The minimum Gasteiger partial charge on any atom is -0.451 e. The zero-order chi connectivity index (χ0) is 18.5. The summed E-state index contributed by atoms with van der Waals surface area (Å²) in [4.78, 5) is 14.7. The van der Waals surface area contributed by atoms with Crippen molar-refractivity contribution < 1.29 is 13.9 Å². The van der Waals surface area contributed by atoms with Crippen LogP contribution < -0.4 is 5.32 Å². The Bertz CT molecular complexity index is 882. The molecule has 2 aromatic carbocycles. The van der Waals surface area contributed by atoms with Crippen LogP contribution in [-0.4, -0.2) is 32.0 Å². The molecular weight excluding hydrogens is 328 g/mol. The normalized spacial score (nSPS) is 11.2. The third kappa shape index (κ3) is 4.12. The van der Waals surface area contributed by atoms with Gasteiger partial charge in [-0.2, -0.15) is 0 Å². The number of benzene rings is 2. The first-order chi connectivity index (χ1) is 12.6. The molecule has 0 saturated heterocycles. The summed E-state index contributed by atoms with van der Waals surface area (Å²) < 4.78 is 11.0. The van der Waals surface area contributed by atoms with Gasteiger partial charge >= 0.3 is 0 Å². The predicted octanol–water partition coefficient (Wildman–Crippen LogP) is 3.57. The van der Waals surface area contributed by atoms with Gasteiger partial charge in [0.2, 0.25) is 0 Å². The van der Waals surface area contributed by atoms with Gasteiger partial charge in [-0.05, 0) is 31.3 Å². The highest BCUT2D eigenvalue weighted by Crippen LogP contribution is 2.26. The molecule has 26 heavy (non-hydrogen) atoms. The Morgan fingerprint density at radius 3 is 2.46 bits per heavy atom. The molecule has 5 nitrogen and oxygen atoms in total. The highest BCUT2D eigenvalue weighted by molar-refractivity contribution is 5.99. The number of fused-ring (bicyclic) bond motifs is 1. The van der Waals surface area contributed by atoms with Crippen LogP contribution in [-0.2, 0) is 24.4 Å². The maximum absolute atomic E-state index is 12.6. The maximum Gasteiger partial charge on any atom is 0.287 e. The third-order valence-corrected chi connectivity index (χ3v) is 4.17. The van der Waals surface area contributed by atoms with Gasteiger partial charge in [-0.1, -0.05) is 42.5 Å². The number of hydrogen-bond donors (Lipinski definition) is 1. The van der Waals surface area contributed by atoms with Gasteiger partial charge in [0, 0.05) is 31.1 Å². The van der Waals surface area contributed by atoms with Crippen LogP contribution in [0.25, 0.3) is 11.0 Å². The van der Waals surface area contributed by atoms with Gasteiger partial charge in [-0.25, -0.2) is 0 Å². The van der Waals surface area contributed by atoms with Crippen molar-refractivity contribution >= 4 is 16.9 Å². The van der Waals surface area contributed by atoms with E-state index >= 15 is 0 Å². The second-order valence-corrected chi connectivity index (χ2v) is 6.58. The van der Waals surface area contributed by atoms with E-state index in [0.717, 1.165) is 23.1 Å². The molecule has 1 aromatic heterocycles. The third-order valence-electron chi connectivity index (χ3n) is 4.17. The Morgan fingerprint density at radius 1 is 1.08 bits per heavy atom. The molecule has 0 atom stereocenters. The van der Waals surface area contributed by atoms with E-state index < -0.39 is 0 Å². The molecule has 0 spiro atoms. The average Bonchev–Trinajstić information content (AvgIpc) is 3.00. The molecule has 0 fully saturated rings. The summed E-state index contributed by atoms with van der Waals surface area (Å²) in [6, 6.07) is 15.8. The zero-order valence-electron chi connectivity index (χ0n) is 15.4. The molecule has 3 aromatic rings. The van der Waals surface area contributed by atoms with Crippen LogP contribution in [0.1, 0.15) is 27.2 Å². The number of nitrogens with zero attached hydrogens (tertiary/aromatic N) is 1. The lowest BCUT2D eigenvalue weighted by Gasteiger charge is -2.10. The van der Waals surface area contributed by atoms with Crippen molar-refractivity contribution in [2.75, 3.05) is 21.2 Å². The largest absolute Gasteiger partial charge is 0.451 e. The highest BCUT2D eigenvalue weighted by Gasteiger charge is 2.20. The van der Waals surface area contributed by atoms with Gasteiger partial charge < -0.3 is 19.4 Å². The number of ether oxygens (including phenoxy) is 1. The van der Waals surface area contributed by atoms with Crippen LogP contribution >= 0.6 is 0 Å². The van der Waals surface area contributed by atoms with E-state index in [1.54, 1.807) is 7.11 Å². The Hall–Kier alpha value is -2.63. The van der Waals surface area contributed by atoms with Crippen LogP contribution in [0.2, 0.25) is 0 Å². The Morgan fingerprint density at radius 2 is 1.77 bits per heavy atom. The maximum atomic E-state index is 12.6. The van der Waals surface area contributed by atoms with Crippen molar-refractivity contribution in [1.82, 2.24) is 10.2 Å². The van der Waals surface area contributed by atoms with E-state index in [4.69, 9.17) is 9.15 Å². The number of para-hydroxylation sites is 1. The Labute approximate surface area is 153 Å². The van der Waals surface area contributed by atoms with Gasteiger partial charge in [-0.15, -0.1) is 0 Å². The average molecular weight is 352 g/mol. The first-order valence-electron chi connectivity index (χ1n) is 8.58. The monoisotopic (exact) mass is 352 g/mol. The highest BCUT2D eigenvalue weighted by atomic mass is 16.5. The van der Waals surface area contributed by atoms with Crippen LogP contribution in [0.5, 0.6) is 0 Å². The number of furan rings is 1. The van der Waals surface area contributed by atoms with E-state index in [0.29, 0.717) is 24.5 Å². The molecule has 1 N–H and O–H groups in total. The first-order valence-corrected chi connectivity index (χ1v) is 8.58. The van der Waals surface area contributed by atoms with E-state index in [1.165, 1.54) is 5.56 Å². The van der Waals surface area contributed by atoms with Gasteiger partial charge in [0.25, 0.3) is 5.91 Å². The van der Waals surface area contributed by atoms with Crippen LogP contribution in [0.15, 0.2) is 52.9 Å². The lowest BCUT2D eigenvalue weighted by Crippen LogP contribution is -2.23. The Kier molecular flexibility index (Phi) is 5.71. The number of nitrogens with one attached hydrogen (secondary N) is 1. The molecule has 0 radical (unpaired) electrons. The summed E-state index contributed by atoms with van der Waals surface area (Å²) in [7, 11) is 5.69. The van der Waals surface area contributed by atoms with Crippen molar-refractivity contribution in [3.05, 3.63) is 71.0 Å². The van der Waals surface area contributed by atoms with Crippen LogP contribution in [0, 0.1) is 0 Å². The fourth-order valence-electron chi connectivity index (χ4n) is 2.96. The van der Waals surface area contributed by atoms with Crippen molar-refractivity contribution in [3.63, 3.8) is 0 Å². The SMILES string of the molecule is COCc1c(C(=O)NCc2ccc(CN(C)C)cc2)oc2ccccc12. The lowest BCUT2D eigenvalue weighted by atomic mass is 10.1. The van der Waals surface area contributed by atoms with Crippen molar-refractivity contribution in [2.45, 2.75) is 19.7 Å². The molecule has 1 heterocycles. The number of carbonyl (C=O) groups is 1. The summed E-state index contributed by atoms with van der Waals surface area (Å²) in [5.41, 5.74) is 3.76. The van der Waals surface area contributed by atoms with Gasteiger partial charge in [0.05, 0.1) is 6.61 Å². The van der Waals surface area contributed by atoms with Crippen molar-refractivity contribution in [2.24, 2.45) is 0 Å². The molecule has 0 bridgehead atoms. The fraction of sp³-hybridized carbons (Fsp3) is 0.286. The number of methoxy groups -OCH3 is 1. The molecule has 0 aliphatic rings. The van der Waals surface area contributed by atoms with Gasteiger partial charge in [0.15, 0.2) is 5.76 Å². The van der Waals surface area contributed by atoms with Crippen LogP contribution in [0.4, 0.5) is 0 Å². The van der Waals surface area contributed by atoms with E-state index in [2.05, 4.69) is 22.3 Å². The molecular formula is C21H24N2O3. The molecule has 5 heteroatoms. The fourth-order valence-corrected chi connectivity index (χ4v) is 2.96. The van der Waals surface area contributed by atoms with E-state index in [1.807, 2.05) is 50.5 Å². The van der Waals surface area contributed by atoms with Gasteiger partial charge in [-0.3, -0.25) is 4.79 Å². The Balaban J connectivity index is 1.72. The quantitative estimate of drug-likeness (QED) is 0.706. The molecule has 0 aliphatic heterocycles. The first kappa shape index (κ1) is 18.2. The molecule has 0 aliphatic carbocycles. The lowest BCUT2D eigenvalue weighted by molar-refractivity contribution is 0.0918. The number of carbonyl (C=O) groups excluding carboxylic acids is 1. The summed E-state index contributed by atoms with van der Waals surface area (Å²) in [6.07, 6.45) is 0. The minimum absolute atomic E-state index is 0.231. The summed E-state index contributed by atoms with van der Waals surface area (Å²) in [6.45, 7) is 1.68. The summed E-state index contributed by atoms with van der Waals surface area (Å²) >= 11 is 0. The molecule has 0 saturated carbocycles. The zero-order valence-corrected chi connectivity index (χ0v) is 15.4. The smallest absolute Gasteiger partial charge is 0.287 e. The number of hydrogen-bond acceptors (Lipinski definition) is 4. The van der Waals surface area contributed by atoms with Crippen molar-refractivity contribution in [1.29, 1.82) is 0 Å². The molecule has 3 rings (SSSR count). The minimum atomic E-state index is -0.231. The van der Waals surface area contributed by atoms with Crippen LogP contribution in [0.3, 0.4) is 0 Å². The summed E-state index contributed by atoms with van der Waals surface area (Å²) in [5, 5.41) is 3.85. The van der Waals surface area contributed by atoms with E-state index in [9.17, 15) is 4.79 Å². The predicted molar refractivity (Wildman–Crippen MR) is 102 cm³/mol. The second-order valence-electron chi connectivity index (χ2n) is 6.58. The summed E-state index contributed by atoms with van der Waals surface area (Å²) in [5.74, 6) is 0.0860. The number of rotatable bonds is 7. The standard InChI is InChI=1S/C21H24N2O3/c1-23(2)13-16-10-8-15(9-11-16)12-22-21(24)20-18(14-25-3)17-6-4-5-7-19(17)26-20/h4-11H,12-14H2,1-3H3,(H,22,24). The topological polar surface area (TPSA) is 54.7 Å². The number of amides is 1. The van der Waals surface area contributed by atoms with Crippen molar-refractivity contribution in [3.8, 4) is 0 Å². The van der Waals surface area contributed by atoms with Gasteiger partial charge in [0.1, 0.15) is 5.58 Å². The molecule has 1 amide bonds.